The van der Waals surface area contributed by atoms with E-state index in [0.29, 0.717) is 22.7 Å². The number of fused-ring (bicyclic) bond motifs is 1. The number of benzene rings is 1. The highest BCUT2D eigenvalue weighted by Crippen LogP contribution is 2.37. The number of thiophene rings is 1. The highest BCUT2D eigenvalue weighted by atomic mass is 32.1. The number of carbonyl (C=O) groups excluding carboxylic acids is 2. The van der Waals surface area contributed by atoms with Crippen LogP contribution in [0.15, 0.2) is 29.4 Å². The second kappa shape index (κ2) is 9.69. The lowest BCUT2D eigenvalue weighted by atomic mass is 10.0. The molecule has 0 spiro atoms. The summed E-state index contributed by atoms with van der Waals surface area (Å²) in [5.74, 6) is 0.209. The highest BCUT2D eigenvalue weighted by Gasteiger charge is 2.26. The summed E-state index contributed by atoms with van der Waals surface area (Å²) < 4.78 is 5.43. The first-order chi connectivity index (χ1) is 14.0. The monoisotopic (exact) mass is 413 g/mol. The van der Waals surface area contributed by atoms with Gasteiger partial charge in [-0.25, -0.2) is 5.43 Å². The Morgan fingerprint density at radius 3 is 2.48 bits per heavy atom. The van der Waals surface area contributed by atoms with Crippen LogP contribution < -0.4 is 15.5 Å². The number of rotatable bonds is 6. The number of hydrazone groups is 1. The zero-order valence-electron chi connectivity index (χ0n) is 17.1. The molecule has 2 aromatic rings. The highest BCUT2D eigenvalue weighted by molar-refractivity contribution is 7.17. The van der Waals surface area contributed by atoms with Crippen molar-refractivity contribution in [3.8, 4) is 5.75 Å². The molecule has 154 valence electrons. The van der Waals surface area contributed by atoms with Gasteiger partial charge in [-0.05, 0) is 76.3 Å². The molecule has 6 nitrogen and oxygen atoms in total. The number of amides is 2. The van der Waals surface area contributed by atoms with Gasteiger partial charge in [0.15, 0.2) is 0 Å². The molecule has 1 aromatic heterocycles. The van der Waals surface area contributed by atoms with E-state index in [-0.39, 0.29) is 11.8 Å². The molecule has 3 rings (SSSR count). The summed E-state index contributed by atoms with van der Waals surface area (Å²) in [5.41, 5.74) is 5.50. The molecule has 0 atom stereocenters. The van der Waals surface area contributed by atoms with Crippen molar-refractivity contribution in [1.29, 1.82) is 0 Å². The van der Waals surface area contributed by atoms with Gasteiger partial charge in [0.05, 0.1) is 12.2 Å². The number of ether oxygens (including phenoxy) is 1. The average molecular weight is 414 g/mol. The molecule has 0 saturated heterocycles. The molecule has 2 N–H and O–H groups in total. The van der Waals surface area contributed by atoms with Gasteiger partial charge < -0.3 is 10.1 Å². The number of hydrogen-bond donors (Lipinski definition) is 2. The zero-order valence-corrected chi connectivity index (χ0v) is 17.9. The minimum absolute atomic E-state index is 0.242. The van der Waals surface area contributed by atoms with E-state index in [9.17, 15) is 9.59 Å². The van der Waals surface area contributed by atoms with Crippen LogP contribution in [0.1, 0.15) is 71.2 Å². The summed E-state index contributed by atoms with van der Waals surface area (Å²) in [4.78, 5) is 26.9. The summed E-state index contributed by atoms with van der Waals surface area (Å²) in [7, 11) is 0. The van der Waals surface area contributed by atoms with Gasteiger partial charge >= 0.3 is 0 Å². The van der Waals surface area contributed by atoms with E-state index in [1.807, 2.05) is 20.8 Å². The molecule has 1 aliphatic rings. The van der Waals surface area contributed by atoms with E-state index in [4.69, 9.17) is 4.74 Å². The van der Waals surface area contributed by atoms with Gasteiger partial charge in [0, 0.05) is 16.2 Å². The molecule has 0 aliphatic heterocycles. The Morgan fingerprint density at radius 2 is 1.79 bits per heavy atom. The predicted molar refractivity (Wildman–Crippen MR) is 117 cm³/mol. The van der Waals surface area contributed by atoms with Gasteiger partial charge in [-0.2, -0.15) is 5.10 Å². The number of anilines is 1. The predicted octanol–water partition coefficient (Wildman–Crippen LogP) is 4.79. The van der Waals surface area contributed by atoms with E-state index in [2.05, 4.69) is 15.8 Å². The molecule has 0 saturated carbocycles. The summed E-state index contributed by atoms with van der Waals surface area (Å²) in [6.07, 6.45) is 5.10. The maximum Gasteiger partial charge on any atom is 0.274 e. The molecule has 7 heteroatoms. The first-order valence-corrected chi connectivity index (χ1v) is 10.8. The fraction of sp³-hybridized carbons (Fsp3) is 0.409. The van der Waals surface area contributed by atoms with E-state index >= 15 is 0 Å². The fourth-order valence-electron chi connectivity index (χ4n) is 3.33. The molecule has 1 heterocycles. The molecule has 1 aromatic carbocycles. The van der Waals surface area contributed by atoms with Crippen LogP contribution in [0.3, 0.4) is 0 Å². The molecular formula is C22H27N3O3S. The van der Waals surface area contributed by atoms with Crippen LogP contribution in [0.25, 0.3) is 0 Å². The third-order valence-corrected chi connectivity index (χ3v) is 5.89. The topological polar surface area (TPSA) is 79.8 Å². The molecule has 0 radical (unpaired) electrons. The van der Waals surface area contributed by atoms with Crippen LogP contribution in [0.4, 0.5) is 5.00 Å². The van der Waals surface area contributed by atoms with Gasteiger partial charge in [0.25, 0.3) is 11.8 Å². The third-order valence-electron chi connectivity index (χ3n) is 4.68. The first-order valence-electron chi connectivity index (χ1n) is 9.99. The van der Waals surface area contributed by atoms with Crippen LogP contribution in [0, 0.1) is 0 Å². The van der Waals surface area contributed by atoms with Gasteiger partial charge in [0.2, 0.25) is 0 Å². The molecule has 1 aliphatic carbocycles. The summed E-state index contributed by atoms with van der Waals surface area (Å²) in [5, 5.41) is 7.60. The lowest BCUT2D eigenvalue weighted by molar-refractivity contribution is 0.0955. The molecule has 0 bridgehead atoms. The molecule has 2 amide bonds. The average Bonchev–Trinajstić information content (AvgIpc) is 2.87. The standard InChI is InChI=1S/C22H27N3O3S/c1-4-28-16-12-10-15(11-13-16)20(26)23-22-19(21(27)25-24-14(2)3)17-8-6-5-7-9-18(17)29-22/h10-13H,4-9H2,1-3H3,(H,23,26)(H,25,27). The van der Waals surface area contributed by atoms with E-state index in [1.54, 1.807) is 24.3 Å². The number of nitrogens with zero attached hydrogens (tertiary/aromatic N) is 1. The Kier molecular flexibility index (Phi) is 7.04. The maximum atomic E-state index is 12.9. The maximum absolute atomic E-state index is 12.9. The fourth-order valence-corrected chi connectivity index (χ4v) is 4.62. The lowest BCUT2D eigenvalue weighted by Gasteiger charge is -2.09. The van der Waals surface area contributed by atoms with Crippen molar-refractivity contribution >= 4 is 33.9 Å². The second-order valence-corrected chi connectivity index (χ2v) is 8.29. The van der Waals surface area contributed by atoms with E-state index < -0.39 is 0 Å². The number of carbonyl (C=O) groups is 2. The van der Waals surface area contributed by atoms with Crippen molar-refractivity contribution in [2.75, 3.05) is 11.9 Å². The van der Waals surface area contributed by atoms with Crippen LogP contribution in [-0.4, -0.2) is 24.1 Å². The number of aryl methyl sites for hydroxylation is 1. The van der Waals surface area contributed by atoms with Crippen LogP contribution in [-0.2, 0) is 12.8 Å². The van der Waals surface area contributed by atoms with Crippen molar-refractivity contribution < 1.29 is 14.3 Å². The largest absolute Gasteiger partial charge is 0.494 e. The van der Waals surface area contributed by atoms with Crippen molar-refractivity contribution in [3.63, 3.8) is 0 Å². The summed E-state index contributed by atoms with van der Waals surface area (Å²) >= 11 is 1.51. The minimum atomic E-state index is -0.271. The third kappa shape index (κ3) is 5.23. The van der Waals surface area contributed by atoms with Crippen molar-refractivity contribution in [2.45, 2.75) is 52.9 Å². The Morgan fingerprint density at radius 1 is 1.07 bits per heavy atom. The Hall–Kier alpha value is -2.67. The Balaban J connectivity index is 1.88. The van der Waals surface area contributed by atoms with Gasteiger partial charge in [-0.1, -0.05) is 6.42 Å². The molecule has 29 heavy (non-hydrogen) atoms. The SMILES string of the molecule is CCOc1ccc(C(=O)Nc2sc3c(c2C(=O)NN=C(C)C)CCCCC3)cc1. The minimum Gasteiger partial charge on any atom is -0.494 e. The van der Waals surface area contributed by atoms with E-state index in [1.165, 1.54) is 16.2 Å². The summed E-state index contributed by atoms with van der Waals surface area (Å²) in [6.45, 7) is 6.13. The van der Waals surface area contributed by atoms with Crippen LogP contribution >= 0.6 is 11.3 Å². The normalized spacial score (nSPS) is 13.1. The lowest BCUT2D eigenvalue weighted by Crippen LogP contribution is -2.22. The zero-order chi connectivity index (χ0) is 20.8. The Bertz CT molecular complexity index is 912. The molecular weight excluding hydrogens is 386 g/mol. The van der Waals surface area contributed by atoms with Gasteiger partial charge in [-0.15, -0.1) is 11.3 Å². The summed E-state index contributed by atoms with van der Waals surface area (Å²) in [6, 6.07) is 7.00. The second-order valence-electron chi connectivity index (χ2n) is 7.18. The van der Waals surface area contributed by atoms with Crippen molar-refractivity contribution in [2.24, 2.45) is 5.10 Å². The van der Waals surface area contributed by atoms with Gasteiger partial charge in [-0.3, -0.25) is 9.59 Å². The van der Waals surface area contributed by atoms with Crippen LogP contribution in [0.5, 0.6) is 5.75 Å². The van der Waals surface area contributed by atoms with Gasteiger partial charge in [0.1, 0.15) is 10.8 Å². The number of nitrogens with one attached hydrogen (secondary N) is 2. The smallest absolute Gasteiger partial charge is 0.274 e. The quantitative estimate of drug-likeness (QED) is 0.406. The van der Waals surface area contributed by atoms with Crippen LogP contribution in [0.2, 0.25) is 0 Å². The number of hydrogen-bond acceptors (Lipinski definition) is 5. The molecule has 0 fully saturated rings. The van der Waals surface area contributed by atoms with Crippen molar-refractivity contribution in [3.05, 3.63) is 45.8 Å². The van der Waals surface area contributed by atoms with Crippen molar-refractivity contribution in [1.82, 2.24) is 5.43 Å². The molecule has 0 unspecified atom stereocenters. The first kappa shape index (κ1) is 21.0. The van der Waals surface area contributed by atoms with E-state index in [0.717, 1.165) is 49.1 Å². The Labute approximate surface area is 175 Å².